The number of halogens is 3. The summed E-state index contributed by atoms with van der Waals surface area (Å²) in [6.07, 6.45) is -0.433. The van der Waals surface area contributed by atoms with Gasteiger partial charge in [-0.05, 0) is 21.7 Å². The minimum atomic E-state index is -0.469. The Hall–Kier alpha value is -0.940. The van der Waals surface area contributed by atoms with E-state index in [9.17, 15) is 4.39 Å². The molecule has 22 heavy (non-hydrogen) atoms. The van der Waals surface area contributed by atoms with Crippen molar-refractivity contribution in [2.45, 2.75) is 24.8 Å². The Labute approximate surface area is 144 Å². The normalized spacial score (nSPS) is 16.8. The summed E-state index contributed by atoms with van der Waals surface area (Å²) in [5.41, 5.74) is 1.57. The molecular weight excluding hydrogens is 393 g/mol. The van der Waals surface area contributed by atoms with Crippen molar-refractivity contribution in [3.05, 3.63) is 38.0 Å². The Kier molecular flexibility index (Phi) is 4.55. The van der Waals surface area contributed by atoms with E-state index in [-0.39, 0.29) is 23.8 Å². The number of hydrogen-bond acceptors (Lipinski definition) is 4. The van der Waals surface area contributed by atoms with Crippen molar-refractivity contribution >= 4 is 50.2 Å². The van der Waals surface area contributed by atoms with Crippen LogP contribution in [0.15, 0.2) is 9.63 Å². The molecule has 3 rings (SSSR count). The molecule has 0 fully saturated rings. The molecule has 1 aromatic carbocycles. The molecule has 0 aliphatic carbocycles. The van der Waals surface area contributed by atoms with Gasteiger partial charge in [0, 0.05) is 16.5 Å². The van der Waals surface area contributed by atoms with Crippen LogP contribution in [0.5, 0.6) is 0 Å². The fourth-order valence-corrected chi connectivity index (χ4v) is 3.91. The third-order valence-corrected chi connectivity index (χ3v) is 5.22. The van der Waals surface area contributed by atoms with E-state index in [1.54, 1.807) is 0 Å². The Morgan fingerprint density at radius 2 is 2.32 bits per heavy atom. The Morgan fingerprint density at radius 1 is 1.55 bits per heavy atom. The minimum Gasteiger partial charge on any atom is -0.361 e. The number of rotatable bonds is 3. The zero-order valence-corrected chi connectivity index (χ0v) is 14.6. The monoisotopic (exact) mass is 401 g/mol. The van der Waals surface area contributed by atoms with Crippen LogP contribution >= 0.6 is 39.3 Å². The highest BCUT2D eigenvalue weighted by molar-refractivity contribution is 9.10. The Morgan fingerprint density at radius 3 is 3.00 bits per heavy atom. The van der Waals surface area contributed by atoms with Gasteiger partial charge in [0.2, 0.25) is 6.54 Å². The lowest BCUT2D eigenvalue weighted by Gasteiger charge is -2.12. The van der Waals surface area contributed by atoms with Gasteiger partial charge in [-0.25, -0.2) is 20.9 Å². The third-order valence-electron chi connectivity index (χ3n) is 3.39. The molecule has 0 amide bonds. The largest absolute Gasteiger partial charge is 0.361 e. The van der Waals surface area contributed by atoms with Crippen LogP contribution < -0.4 is 0 Å². The highest BCUT2D eigenvalue weighted by atomic mass is 79.9. The number of fused-ring (bicyclic) bond motifs is 3. The highest BCUT2D eigenvalue weighted by Gasteiger charge is 2.34. The van der Waals surface area contributed by atoms with Crippen molar-refractivity contribution in [3.63, 3.8) is 0 Å². The van der Waals surface area contributed by atoms with Crippen molar-refractivity contribution in [2.75, 3.05) is 12.3 Å². The number of thioether (sulfide) groups is 1. The van der Waals surface area contributed by atoms with Crippen LogP contribution in [0.3, 0.4) is 0 Å². The number of nitrogens with zero attached hydrogens (tertiary/aromatic N) is 3. The smallest absolute Gasteiger partial charge is 0.244 e. The summed E-state index contributed by atoms with van der Waals surface area (Å²) in [6.45, 7) is 9.40. The summed E-state index contributed by atoms with van der Waals surface area (Å²) in [7, 11) is 0. The van der Waals surface area contributed by atoms with E-state index in [1.807, 2.05) is 6.92 Å². The highest BCUT2D eigenvalue weighted by Crippen LogP contribution is 2.44. The molecule has 114 valence electrons. The fraction of sp³-hybridized carbons (Fsp3) is 0.357. The van der Waals surface area contributed by atoms with Gasteiger partial charge in [-0.3, -0.25) is 0 Å². The van der Waals surface area contributed by atoms with Crippen molar-refractivity contribution in [3.8, 4) is 0 Å². The molecule has 8 heteroatoms. The molecule has 0 saturated carbocycles. The molecule has 0 radical (unpaired) electrons. The average Bonchev–Trinajstić information content (AvgIpc) is 2.89. The van der Waals surface area contributed by atoms with E-state index in [2.05, 4.69) is 30.7 Å². The molecule has 4 nitrogen and oxygen atoms in total. The second-order valence-corrected chi connectivity index (χ2v) is 7.00. The van der Waals surface area contributed by atoms with Crippen LogP contribution in [0.25, 0.3) is 15.7 Å². The summed E-state index contributed by atoms with van der Waals surface area (Å²) in [6, 6.07) is 0. The van der Waals surface area contributed by atoms with Crippen molar-refractivity contribution in [1.29, 1.82) is 0 Å². The van der Waals surface area contributed by atoms with Crippen molar-refractivity contribution in [1.82, 2.24) is 9.97 Å². The van der Waals surface area contributed by atoms with Gasteiger partial charge >= 0.3 is 0 Å². The van der Waals surface area contributed by atoms with Crippen LogP contribution in [0.4, 0.5) is 4.39 Å². The molecule has 1 aliphatic heterocycles. The molecular formula is C14H10BrClFN3OS. The molecule has 0 bridgehead atoms. The maximum Gasteiger partial charge on any atom is 0.244 e. The Balaban J connectivity index is 2.35. The topological polar surface area (TPSA) is 39.4 Å². The summed E-state index contributed by atoms with van der Waals surface area (Å²) in [5, 5.41) is 1.08. The molecule has 0 saturated heterocycles. The maximum atomic E-state index is 14.6. The van der Waals surface area contributed by atoms with Crippen molar-refractivity contribution in [2.24, 2.45) is 0 Å². The first kappa shape index (κ1) is 15.9. The average molecular weight is 403 g/mol. The predicted molar refractivity (Wildman–Crippen MR) is 87.6 cm³/mol. The number of aromatic nitrogens is 2. The first-order valence-electron chi connectivity index (χ1n) is 6.53. The lowest BCUT2D eigenvalue weighted by molar-refractivity contribution is 0.0778. The molecule has 2 heterocycles. The molecule has 1 unspecified atom stereocenters. The summed E-state index contributed by atoms with van der Waals surface area (Å²) < 4.78 is 20.6. The summed E-state index contributed by atoms with van der Waals surface area (Å²) in [4.78, 5) is 11.9. The fourth-order valence-electron chi connectivity index (χ4n) is 2.50. The summed E-state index contributed by atoms with van der Waals surface area (Å²) >= 11 is 11.0. The molecule has 1 aliphatic rings. The van der Waals surface area contributed by atoms with E-state index < -0.39 is 11.9 Å². The Bertz CT molecular complexity index is 811. The SMILES string of the molecule is [C-]#[N+]CC1OCc2c(Br)c(F)c3nc(SCC)nc(Cl)c3c21. The molecule has 1 aromatic heterocycles. The molecule has 1 atom stereocenters. The maximum absolute atomic E-state index is 14.6. The van der Waals surface area contributed by atoms with Crippen molar-refractivity contribution < 1.29 is 9.13 Å². The van der Waals surface area contributed by atoms with Gasteiger partial charge in [-0.2, -0.15) is 0 Å². The van der Waals surface area contributed by atoms with E-state index in [1.165, 1.54) is 11.8 Å². The van der Waals surface area contributed by atoms with Gasteiger partial charge < -0.3 is 9.58 Å². The van der Waals surface area contributed by atoms with E-state index in [0.717, 1.165) is 11.3 Å². The first-order valence-corrected chi connectivity index (χ1v) is 8.68. The van der Waals surface area contributed by atoms with Gasteiger partial charge in [0.1, 0.15) is 10.7 Å². The van der Waals surface area contributed by atoms with Crippen LogP contribution in [-0.2, 0) is 11.3 Å². The number of ether oxygens (including phenoxy) is 1. The van der Waals surface area contributed by atoms with Gasteiger partial charge in [-0.15, -0.1) is 0 Å². The van der Waals surface area contributed by atoms with Gasteiger partial charge in [-0.1, -0.05) is 30.3 Å². The van der Waals surface area contributed by atoms with Crippen LogP contribution in [-0.4, -0.2) is 22.3 Å². The summed E-state index contributed by atoms with van der Waals surface area (Å²) in [5.74, 6) is 0.294. The number of hydrogen-bond donors (Lipinski definition) is 0. The third kappa shape index (κ3) is 2.48. The van der Waals surface area contributed by atoms with Crippen LogP contribution in [0.2, 0.25) is 5.15 Å². The molecule has 0 N–H and O–H groups in total. The zero-order valence-electron chi connectivity index (χ0n) is 11.5. The lowest BCUT2D eigenvalue weighted by Crippen LogP contribution is -2.04. The van der Waals surface area contributed by atoms with Gasteiger partial charge in [0.05, 0.1) is 11.1 Å². The first-order chi connectivity index (χ1) is 10.6. The van der Waals surface area contributed by atoms with Gasteiger partial charge in [0.15, 0.2) is 17.1 Å². The predicted octanol–water partition coefficient (Wildman–Crippen LogP) is 4.79. The lowest BCUT2D eigenvalue weighted by atomic mass is 10.00. The van der Waals surface area contributed by atoms with Crippen LogP contribution in [0, 0.1) is 12.4 Å². The van der Waals surface area contributed by atoms with E-state index in [4.69, 9.17) is 22.9 Å². The van der Waals surface area contributed by atoms with E-state index >= 15 is 0 Å². The number of benzene rings is 1. The quantitative estimate of drug-likeness (QED) is 0.320. The van der Waals surface area contributed by atoms with Gasteiger partial charge in [0.25, 0.3) is 0 Å². The van der Waals surface area contributed by atoms with E-state index in [0.29, 0.717) is 20.6 Å². The molecule has 2 aromatic rings. The van der Waals surface area contributed by atoms with Crippen LogP contribution in [0.1, 0.15) is 24.2 Å². The molecule has 0 spiro atoms. The standard InChI is InChI=1S/C14H10BrClFN3OS/c1-3-22-14-19-12-9(13(16)20-14)8-6(10(15)11(12)17)5-21-7(8)4-18-2/h7H,3-5H2,1H3. The minimum absolute atomic E-state index is 0.155. The zero-order chi connectivity index (χ0) is 15.9. The second kappa shape index (κ2) is 6.28. The second-order valence-electron chi connectivity index (χ2n) is 4.61.